The fourth-order valence-corrected chi connectivity index (χ4v) is 8.70. The Morgan fingerprint density at radius 2 is 1.03 bits per heavy atom. The lowest BCUT2D eigenvalue weighted by atomic mass is 10.1. The monoisotopic (exact) mass is 586 g/mol. The van der Waals surface area contributed by atoms with Crippen molar-refractivity contribution in [1.29, 1.82) is 0 Å². The van der Waals surface area contributed by atoms with Gasteiger partial charge in [0.05, 0.1) is 6.16 Å². The van der Waals surface area contributed by atoms with Gasteiger partial charge in [-0.05, 0) is 55.7 Å². The largest absolute Gasteiger partial charge is 1.00 e. The Hall–Kier alpha value is -1.97. The summed E-state index contributed by atoms with van der Waals surface area (Å²) in [5.41, 5.74) is 0. The molecule has 0 aliphatic heterocycles. The quantitative estimate of drug-likeness (QED) is 0.135. The molecular weight excluding hydrogens is 550 g/mol. The van der Waals surface area contributed by atoms with Gasteiger partial charge in [0.2, 0.25) is 0 Å². The van der Waals surface area contributed by atoms with Crippen LogP contribution in [0.5, 0.6) is 0 Å². The number of rotatable bonds is 14. The number of hydrogen-bond donors (Lipinski definition) is 1. The van der Waals surface area contributed by atoms with Crippen LogP contribution in [0.25, 0.3) is 0 Å². The molecule has 3 rings (SSSR count). The van der Waals surface area contributed by atoms with Gasteiger partial charge in [-0.2, -0.15) is 0 Å². The first-order valence-corrected chi connectivity index (χ1v) is 14.1. The molecule has 0 radical (unpaired) electrons. The van der Waals surface area contributed by atoms with Gasteiger partial charge in [0.25, 0.3) is 0 Å². The van der Waals surface area contributed by atoms with E-state index in [0.29, 0.717) is 6.42 Å². The summed E-state index contributed by atoms with van der Waals surface area (Å²) in [6.45, 7) is 0. The first-order chi connectivity index (χ1) is 16.2. The molecule has 2 nitrogen and oxygen atoms in total. The highest BCUT2D eigenvalue weighted by molar-refractivity contribution is 7.95. The number of halogens is 1. The van der Waals surface area contributed by atoms with Crippen molar-refractivity contribution < 1.29 is 33.9 Å². The molecule has 0 heterocycles. The molecule has 0 fully saturated rings. The number of carbonyl (C=O) groups is 1. The average Bonchev–Trinajstić information content (AvgIpc) is 2.86. The highest BCUT2D eigenvalue weighted by Gasteiger charge is 2.44. The summed E-state index contributed by atoms with van der Waals surface area (Å²) in [5.74, 6) is -0.682. The third kappa shape index (κ3) is 8.36. The molecule has 4 heteroatoms. The van der Waals surface area contributed by atoms with Crippen LogP contribution in [0.4, 0.5) is 0 Å². The summed E-state index contributed by atoms with van der Waals surface area (Å²) in [4.78, 5) is 10.6. The number of benzene rings is 3. The lowest BCUT2D eigenvalue weighted by molar-refractivity contribution is -0.137. The minimum atomic E-state index is -1.73. The number of carboxylic acid groups (broad SMARTS) is 1. The van der Waals surface area contributed by atoms with E-state index in [1.807, 2.05) is 0 Å². The molecule has 1 N–H and O–H groups in total. The van der Waals surface area contributed by atoms with Crippen LogP contribution in [-0.2, 0) is 4.79 Å². The van der Waals surface area contributed by atoms with Crippen LogP contribution in [-0.4, -0.2) is 17.2 Å². The van der Waals surface area contributed by atoms with Crippen LogP contribution >= 0.6 is 7.26 Å². The van der Waals surface area contributed by atoms with Crippen molar-refractivity contribution >= 4 is 29.1 Å². The van der Waals surface area contributed by atoms with Crippen molar-refractivity contribution in [3.63, 3.8) is 0 Å². The van der Waals surface area contributed by atoms with E-state index in [2.05, 4.69) is 103 Å². The highest BCUT2D eigenvalue weighted by atomic mass is 127. The molecule has 0 aromatic heterocycles. The predicted octanol–water partition coefficient (Wildman–Crippen LogP) is 3.75. The van der Waals surface area contributed by atoms with Gasteiger partial charge < -0.3 is 29.1 Å². The maximum atomic E-state index is 10.6. The molecule has 34 heavy (non-hydrogen) atoms. The number of carboxylic acids is 1. The lowest BCUT2D eigenvalue weighted by Crippen LogP contribution is -3.00. The first kappa shape index (κ1) is 28.3. The topological polar surface area (TPSA) is 37.3 Å². The van der Waals surface area contributed by atoms with Gasteiger partial charge in [0, 0.05) is 12.8 Å². The molecule has 0 spiro atoms. The van der Waals surface area contributed by atoms with E-state index >= 15 is 0 Å². The zero-order chi connectivity index (χ0) is 23.2. The smallest absolute Gasteiger partial charge is 0.303 e. The summed E-state index contributed by atoms with van der Waals surface area (Å²) < 4.78 is 0. The lowest BCUT2D eigenvalue weighted by Gasteiger charge is -2.27. The van der Waals surface area contributed by atoms with E-state index in [1.54, 1.807) is 0 Å². The van der Waals surface area contributed by atoms with E-state index < -0.39 is 13.2 Å². The molecular formula is C30H36IO2P. The van der Waals surface area contributed by atoms with Crippen LogP contribution in [0.15, 0.2) is 103 Å². The van der Waals surface area contributed by atoms with E-state index in [4.69, 9.17) is 5.11 Å². The fourth-order valence-electron chi connectivity index (χ4n) is 4.45. The van der Waals surface area contributed by atoms with Crippen molar-refractivity contribution in [2.45, 2.75) is 51.4 Å². The Balaban J connectivity index is 0.00000408. The normalized spacial score (nSPS) is 11.3. The third-order valence-corrected chi connectivity index (χ3v) is 10.6. The van der Waals surface area contributed by atoms with Crippen molar-refractivity contribution in [3.8, 4) is 0 Å². The van der Waals surface area contributed by atoms with Crippen molar-refractivity contribution in [2.75, 3.05) is 6.16 Å². The van der Waals surface area contributed by atoms with E-state index in [0.717, 1.165) is 38.3 Å². The molecule has 0 atom stereocenters. The van der Waals surface area contributed by atoms with Gasteiger partial charge in [0.15, 0.2) is 0 Å². The molecule has 0 amide bonds. The highest BCUT2D eigenvalue weighted by Crippen LogP contribution is 2.55. The van der Waals surface area contributed by atoms with Crippen molar-refractivity contribution in [2.24, 2.45) is 0 Å². The minimum absolute atomic E-state index is 0. The number of allylic oxidation sites excluding steroid dienone is 2. The zero-order valence-corrected chi connectivity index (χ0v) is 22.9. The SMILES string of the molecule is O=C(O)CCCCCCC/C=C\CC[P+](c1ccccc1)(c1ccccc1)c1ccccc1.[I-]. The molecule has 0 aliphatic rings. The second-order valence-corrected chi connectivity index (χ2v) is 12.1. The van der Waals surface area contributed by atoms with Gasteiger partial charge in [-0.1, -0.05) is 86.0 Å². The third-order valence-electron chi connectivity index (χ3n) is 6.15. The van der Waals surface area contributed by atoms with Crippen molar-refractivity contribution in [1.82, 2.24) is 0 Å². The molecule has 0 saturated carbocycles. The van der Waals surface area contributed by atoms with Gasteiger partial charge in [0.1, 0.15) is 23.2 Å². The van der Waals surface area contributed by atoms with Gasteiger partial charge in [-0.15, -0.1) is 0 Å². The minimum Gasteiger partial charge on any atom is -1.00 e. The summed E-state index contributed by atoms with van der Waals surface area (Å²) in [7, 11) is -1.73. The van der Waals surface area contributed by atoms with Gasteiger partial charge in [-0.25, -0.2) is 0 Å². The summed E-state index contributed by atoms with van der Waals surface area (Å²) in [5, 5.41) is 13.0. The van der Waals surface area contributed by atoms with Crippen LogP contribution in [0.2, 0.25) is 0 Å². The van der Waals surface area contributed by atoms with E-state index in [1.165, 1.54) is 28.8 Å². The van der Waals surface area contributed by atoms with Crippen LogP contribution in [0.3, 0.4) is 0 Å². The molecule has 0 bridgehead atoms. The second kappa shape index (κ2) is 15.8. The Morgan fingerprint density at radius 3 is 1.50 bits per heavy atom. The number of aliphatic carboxylic acids is 1. The Labute approximate surface area is 222 Å². The fraction of sp³-hybridized carbons (Fsp3) is 0.300. The second-order valence-electron chi connectivity index (χ2n) is 8.50. The first-order valence-electron chi connectivity index (χ1n) is 12.2. The summed E-state index contributed by atoms with van der Waals surface area (Å²) >= 11 is 0. The van der Waals surface area contributed by atoms with Gasteiger partial charge >= 0.3 is 5.97 Å². The molecule has 0 saturated heterocycles. The molecule has 0 unspecified atom stereocenters. The Kier molecular flexibility index (Phi) is 13.2. The maximum absolute atomic E-state index is 10.6. The number of hydrogen-bond acceptors (Lipinski definition) is 1. The van der Waals surface area contributed by atoms with E-state index in [-0.39, 0.29) is 24.0 Å². The molecule has 180 valence electrons. The summed E-state index contributed by atoms with van der Waals surface area (Å²) in [6, 6.07) is 33.2. The Bertz CT molecular complexity index is 878. The molecule has 3 aromatic rings. The van der Waals surface area contributed by atoms with Crippen molar-refractivity contribution in [3.05, 3.63) is 103 Å². The zero-order valence-electron chi connectivity index (χ0n) is 19.9. The Morgan fingerprint density at radius 1 is 0.618 bits per heavy atom. The average molecular weight is 586 g/mol. The predicted molar refractivity (Wildman–Crippen MR) is 144 cm³/mol. The van der Waals surface area contributed by atoms with Crippen LogP contribution < -0.4 is 39.9 Å². The maximum Gasteiger partial charge on any atom is 0.303 e. The van der Waals surface area contributed by atoms with Gasteiger partial charge in [-0.3, -0.25) is 4.79 Å². The van der Waals surface area contributed by atoms with E-state index in [9.17, 15) is 4.79 Å². The standard InChI is InChI=1S/C30H35O2P.HI/c31-30(32)25-17-6-4-2-1-3-5-7-18-26-33(27-19-11-8-12-20-27,28-21-13-9-14-22-28)29-23-15-10-16-24-29;/h5,7-16,19-24H,1-4,6,17-18,25-26H2;1H/b7-5-;. The summed E-state index contributed by atoms with van der Waals surface area (Å²) in [6.07, 6.45) is 13.6. The van der Waals surface area contributed by atoms with Crippen LogP contribution in [0, 0.1) is 0 Å². The number of unbranched alkanes of at least 4 members (excludes halogenated alkanes) is 5. The molecule has 0 aliphatic carbocycles. The van der Waals surface area contributed by atoms with Crippen LogP contribution in [0.1, 0.15) is 51.4 Å². The molecule has 3 aromatic carbocycles.